The molecular formula is C15H12ClF3O. The number of halogens is 4. The molecule has 0 bridgehead atoms. The van der Waals surface area contributed by atoms with Crippen LogP contribution in [0.25, 0.3) is 0 Å². The molecule has 1 atom stereocenters. The molecule has 2 aromatic carbocycles. The van der Waals surface area contributed by atoms with Crippen LogP contribution in [-0.4, -0.2) is 11.3 Å². The van der Waals surface area contributed by atoms with Crippen LogP contribution in [0.5, 0.6) is 0 Å². The minimum atomic E-state index is -4.84. The van der Waals surface area contributed by atoms with Crippen molar-refractivity contribution < 1.29 is 18.3 Å². The predicted octanol–water partition coefficient (Wildman–Crippen LogP) is 4.45. The molecule has 2 aromatic rings. The maximum atomic E-state index is 13.5. The lowest BCUT2D eigenvalue weighted by atomic mass is 9.83. The number of rotatable bonds is 2. The zero-order valence-electron chi connectivity index (χ0n) is 10.6. The molecule has 0 aromatic heterocycles. The maximum absolute atomic E-state index is 13.5. The van der Waals surface area contributed by atoms with Crippen molar-refractivity contribution in [3.05, 3.63) is 70.2 Å². The Kier molecular flexibility index (Phi) is 3.80. The van der Waals surface area contributed by atoms with Crippen LogP contribution < -0.4 is 0 Å². The molecule has 0 heterocycles. The topological polar surface area (TPSA) is 20.2 Å². The Morgan fingerprint density at radius 1 is 0.950 bits per heavy atom. The summed E-state index contributed by atoms with van der Waals surface area (Å²) in [5.41, 5.74) is -3.14. The summed E-state index contributed by atoms with van der Waals surface area (Å²) in [6, 6.07) is 10.9. The molecule has 0 aliphatic rings. The molecule has 0 aliphatic heterocycles. The summed E-state index contributed by atoms with van der Waals surface area (Å²) in [6.07, 6.45) is -4.84. The third-order valence-electron chi connectivity index (χ3n) is 3.21. The summed E-state index contributed by atoms with van der Waals surface area (Å²) >= 11 is 5.69. The van der Waals surface area contributed by atoms with Crippen molar-refractivity contribution in [3.63, 3.8) is 0 Å². The Labute approximate surface area is 119 Å². The molecule has 0 saturated carbocycles. The fourth-order valence-electron chi connectivity index (χ4n) is 2.14. The van der Waals surface area contributed by atoms with Gasteiger partial charge in [-0.15, -0.1) is 0 Å². The normalized spacial score (nSPS) is 14.9. The van der Waals surface area contributed by atoms with E-state index >= 15 is 0 Å². The molecule has 0 saturated heterocycles. The van der Waals surface area contributed by atoms with Crippen LogP contribution in [0.1, 0.15) is 16.7 Å². The van der Waals surface area contributed by atoms with Crippen LogP contribution >= 0.6 is 11.6 Å². The fourth-order valence-corrected chi connectivity index (χ4v) is 2.27. The van der Waals surface area contributed by atoms with Crippen molar-refractivity contribution in [2.75, 3.05) is 0 Å². The number of benzene rings is 2. The maximum Gasteiger partial charge on any atom is 0.425 e. The van der Waals surface area contributed by atoms with E-state index in [1.807, 2.05) is 0 Å². The summed E-state index contributed by atoms with van der Waals surface area (Å²) in [4.78, 5) is 0. The molecule has 2 rings (SSSR count). The van der Waals surface area contributed by atoms with Gasteiger partial charge >= 0.3 is 6.18 Å². The fraction of sp³-hybridized carbons (Fsp3) is 0.200. The molecule has 0 aliphatic carbocycles. The largest absolute Gasteiger partial charge is 0.425 e. The van der Waals surface area contributed by atoms with Gasteiger partial charge in [0.15, 0.2) is 0 Å². The van der Waals surface area contributed by atoms with Crippen molar-refractivity contribution >= 4 is 11.6 Å². The Morgan fingerprint density at radius 3 is 2.00 bits per heavy atom. The first-order valence-electron chi connectivity index (χ1n) is 5.88. The zero-order valence-corrected chi connectivity index (χ0v) is 11.3. The molecule has 106 valence electrons. The van der Waals surface area contributed by atoms with E-state index in [1.165, 1.54) is 49.4 Å². The van der Waals surface area contributed by atoms with Gasteiger partial charge in [-0.25, -0.2) is 0 Å². The van der Waals surface area contributed by atoms with E-state index in [0.717, 1.165) is 0 Å². The van der Waals surface area contributed by atoms with Crippen molar-refractivity contribution in [3.8, 4) is 0 Å². The second-order valence-electron chi connectivity index (χ2n) is 4.53. The van der Waals surface area contributed by atoms with E-state index in [9.17, 15) is 18.3 Å². The highest BCUT2D eigenvalue weighted by molar-refractivity contribution is 6.30. The van der Waals surface area contributed by atoms with E-state index < -0.39 is 11.8 Å². The van der Waals surface area contributed by atoms with E-state index in [0.29, 0.717) is 10.6 Å². The first kappa shape index (κ1) is 14.9. The van der Waals surface area contributed by atoms with E-state index in [-0.39, 0.29) is 11.1 Å². The lowest BCUT2D eigenvalue weighted by Crippen LogP contribution is -2.43. The molecule has 0 fully saturated rings. The van der Waals surface area contributed by atoms with Crippen LogP contribution in [-0.2, 0) is 5.60 Å². The van der Waals surface area contributed by atoms with E-state index in [4.69, 9.17) is 11.6 Å². The SMILES string of the molecule is Cc1ccccc1C(O)(c1ccc(Cl)cc1)C(F)(F)F. The summed E-state index contributed by atoms with van der Waals surface area (Å²) in [5, 5.41) is 10.7. The van der Waals surface area contributed by atoms with Crippen molar-refractivity contribution in [1.29, 1.82) is 0 Å². The summed E-state index contributed by atoms with van der Waals surface area (Å²) < 4.78 is 40.4. The first-order chi connectivity index (χ1) is 9.26. The lowest BCUT2D eigenvalue weighted by molar-refractivity contribution is -0.248. The van der Waals surface area contributed by atoms with E-state index in [1.54, 1.807) is 6.07 Å². The van der Waals surface area contributed by atoms with Crippen LogP contribution in [0, 0.1) is 6.92 Å². The molecule has 5 heteroatoms. The average molecular weight is 301 g/mol. The van der Waals surface area contributed by atoms with Crippen LogP contribution in [0.3, 0.4) is 0 Å². The molecule has 0 amide bonds. The van der Waals surface area contributed by atoms with Gasteiger partial charge in [0.05, 0.1) is 0 Å². The molecule has 1 nitrogen and oxygen atoms in total. The highest BCUT2D eigenvalue weighted by Crippen LogP contribution is 2.45. The highest BCUT2D eigenvalue weighted by atomic mass is 35.5. The monoisotopic (exact) mass is 300 g/mol. The Bertz CT molecular complexity index is 607. The Balaban J connectivity index is 2.70. The molecule has 20 heavy (non-hydrogen) atoms. The summed E-state index contributed by atoms with van der Waals surface area (Å²) in [6.45, 7) is 1.53. The minimum absolute atomic E-state index is 0.185. The third kappa shape index (κ3) is 2.41. The van der Waals surface area contributed by atoms with Crippen LogP contribution in [0.2, 0.25) is 5.02 Å². The van der Waals surface area contributed by atoms with Crippen LogP contribution in [0.15, 0.2) is 48.5 Å². The quantitative estimate of drug-likeness (QED) is 0.869. The van der Waals surface area contributed by atoms with Gasteiger partial charge in [0, 0.05) is 10.6 Å². The molecule has 1 unspecified atom stereocenters. The van der Waals surface area contributed by atoms with Gasteiger partial charge in [0.1, 0.15) is 0 Å². The van der Waals surface area contributed by atoms with Gasteiger partial charge in [-0.1, -0.05) is 48.0 Å². The van der Waals surface area contributed by atoms with Crippen LogP contribution in [0.4, 0.5) is 13.2 Å². The smallest absolute Gasteiger partial charge is 0.372 e. The van der Waals surface area contributed by atoms with Gasteiger partial charge in [0.2, 0.25) is 5.60 Å². The molecular weight excluding hydrogens is 289 g/mol. The number of alkyl halides is 3. The first-order valence-corrected chi connectivity index (χ1v) is 6.26. The molecule has 1 N–H and O–H groups in total. The number of aryl methyl sites for hydroxylation is 1. The molecule has 0 spiro atoms. The van der Waals surface area contributed by atoms with Gasteiger partial charge < -0.3 is 5.11 Å². The van der Waals surface area contributed by atoms with E-state index in [2.05, 4.69) is 0 Å². The number of hydrogen-bond acceptors (Lipinski definition) is 1. The average Bonchev–Trinajstić information content (AvgIpc) is 2.38. The number of hydrogen-bond donors (Lipinski definition) is 1. The highest BCUT2D eigenvalue weighted by Gasteiger charge is 2.56. The zero-order chi connectivity index (χ0) is 15.0. The lowest BCUT2D eigenvalue weighted by Gasteiger charge is -2.32. The molecule has 0 radical (unpaired) electrons. The van der Waals surface area contributed by atoms with Crippen molar-refractivity contribution in [2.24, 2.45) is 0 Å². The predicted molar refractivity (Wildman–Crippen MR) is 71.7 cm³/mol. The van der Waals surface area contributed by atoms with Gasteiger partial charge in [0.25, 0.3) is 0 Å². The van der Waals surface area contributed by atoms with Crippen molar-refractivity contribution in [2.45, 2.75) is 18.7 Å². The Hall–Kier alpha value is -1.52. The third-order valence-corrected chi connectivity index (χ3v) is 3.46. The second kappa shape index (κ2) is 5.11. The standard InChI is InChI=1S/C15H12ClF3O/c1-10-4-2-3-5-13(10)14(20,15(17,18)19)11-6-8-12(16)9-7-11/h2-9,20H,1H3. The van der Waals surface area contributed by atoms with Gasteiger partial charge in [-0.2, -0.15) is 13.2 Å². The Morgan fingerprint density at radius 2 is 1.50 bits per heavy atom. The van der Waals surface area contributed by atoms with Gasteiger partial charge in [-0.3, -0.25) is 0 Å². The van der Waals surface area contributed by atoms with Crippen molar-refractivity contribution in [1.82, 2.24) is 0 Å². The summed E-state index contributed by atoms with van der Waals surface area (Å²) in [7, 11) is 0. The second-order valence-corrected chi connectivity index (χ2v) is 4.97. The van der Waals surface area contributed by atoms with Gasteiger partial charge in [-0.05, 0) is 30.2 Å². The number of aliphatic hydroxyl groups is 1. The summed E-state index contributed by atoms with van der Waals surface area (Å²) in [5.74, 6) is 0. The minimum Gasteiger partial charge on any atom is -0.372 e.